The van der Waals surface area contributed by atoms with Crippen molar-refractivity contribution in [1.29, 1.82) is 0 Å². The van der Waals surface area contributed by atoms with Crippen LogP contribution in [0.1, 0.15) is 112 Å². The fourth-order valence-electron chi connectivity index (χ4n) is 10.2. The maximum Gasteiger partial charge on any atom is 0.301 e. The third kappa shape index (κ3) is 5.64. The van der Waals surface area contributed by atoms with E-state index in [1.54, 1.807) is 0 Å². The number of nitrogens with one attached hydrogen (secondary N) is 1. The highest BCUT2D eigenvalue weighted by Gasteiger charge is 2.60. The lowest BCUT2D eigenvalue weighted by Crippen LogP contribution is -2.53. The summed E-state index contributed by atoms with van der Waals surface area (Å²) in [5, 5.41) is 27.2. The number of nitro benzene ring substituents is 2. The quantitative estimate of drug-likeness (QED) is 0.236. The van der Waals surface area contributed by atoms with Crippen molar-refractivity contribution < 1.29 is 9.85 Å². The number of hydrazone groups is 1. The van der Waals surface area contributed by atoms with Crippen LogP contribution in [0.2, 0.25) is 0 Å². The molecule has 41 heavy (non-hydrogen) atoms. The van der Waals surface area contributed by atoms with E-state index >= 15 is 0 Å². The Bertz CT molecular complexity index is 1180. The Labute approximate surface area is 245 Å². The predicted molar refractivity (Wildman–Crippen MR) is 164 cm³/mol. The second kappa shape index (κ2) is 11.6. The van der Waals surface area contributed by atoms with Crippen LogP contribution < -0.4 is 5.43 Å². The van der Waals surface area contributed by atoms with E-state index in [4.69, 9.17) is 0 Å². The molecular weight excluding hydrogens is 516 g/mol. The molecule has 226 valence electrons. The lowest BCUT2D eigenvalue weighted by Gasteiger charge is -2.61. The number of hydrogen-bond donors (Lipinski definition) is 1. The summed E-state index contributed by atoms with van der Waals surface area (Å²) in [6, 6.07) is 3.67. The van der Waals surface area contributed by atoms with E-state index < -0.39 is 9.85 Å². The molecule has 4 aliphatic rings. The molecule has 0 spiro atoms. The van der Waals surface area contributed by atoms with Crippen LogP contribution in [0.15, 0.2) is 23.3 Å². The van der Waals surface area contributed by atoms with Gasteiger partial charge in [-0.2, -0.15) is 5.10 Å². The van der Waals surface area contributed by atoms with Gasteiger partial charge in [0.25, 0.3) is 5.69 Å². The molecule has 4 fully saturated rings. The molecule has 5 rings (SSSR count). The first-order chi connectivity index (χ1) is 19.4. The average molecular weight is 567 g/mol. The van der Waals surface area contributed by atoms with Gasteiger partial charge in [0.1, 0.15) is 5.69 Å². The fraction of sp³-hybridized carbons (Fsp3) is 0.788. The van der Waals surface area contributed by atoms with Crippen molar-refractivity contribution in [3.63, 3.8) is 0 Å². The molecule has 4 aliphatic carbocycles. The Balaban J connectivity index is 1.25. The Morgan fingerprint density at radius 1 is 0.951 bits per heavy atom. The van der Waals surface area contributed by atoms with Crippen LogP contribution in [-0.2, 0) is 0 Å². The lowest BCUT2D eigenvalue weighted by molar-refractivity contribution is -0.393. The van der Waals surface area contributed by atoms with E-state index in [1.165, 1.54) is 69.9 Å². The summed E-state index contributed by atoms with van der Waals surface area (Å²) in [5.74, 6) is 5.63. The minimum Gasteiger partial charge on any atom is -0.272 e. The molecular formula is C33H50N4O4. The van der Waals surface area contributed by atoms with Crippen LogP contribution in [0.5, 0.6) is 0 Å². The van der Waals surface area contributed by atoms with E-state index in [-0.39, 0.29) is 17.1 Å². The SMILES string of the molecule is CC(C)CCC[C@@H](C)[C@H]1CC[C@H]2[C@@H]3CC[C@H]4C/C(=N/Nc5ccc([N+](=O)[O-])cc5[N+](=O)[O-])CC[C@]4(C)[C@H]3CC[C@]12C. The van der Waals surface area contributed by atoms with Crippen molar-refractivity contribution in [3.05, 3.63) is 38.4 Å². The van der Waals surface area contributed by atoms with Gasteiger partial charge in [-0.1, -0.05) is 53.9 Å². The molecule has 4 saturated carbocycles. The molecule has 8 heteroatoms. The Kier molecular flexibility index (Phi) is 8.51. The largest absolute Gasteiger partial charge is 0.301 e. The summed E-state index contributed by atoms with van der Waals surface area (Å²) in [6.45, 7) is 12.5. The monoisotopic (exact) mass is 566 g/mol. The molecule has 1 N–H and O–H groups in total. The van der Waals surface area contributed by atoms with E-state index in [9.17, 15) is 20.2 Å². The molecule has 1 aromatic carbocycles. The van der Waals surface area contributed by atoms with Crippen molar-refractivity contribution in [2.45, 2.75) is 112 Å². The summed E-state index contributed by atoms with van der Waals surface area (Å²) < 4.78 is 0. The Morgan fingerprint density at radius 2 is 1.71 bits per heavy atom. The van der Waals surface area contributed by atoms with Gasteiger partial charge in [-0.3, -0.25) is 25.7 Å². The summed E-state index contributed by atoms with van der Waals surface area (Å²) in [6.07, 6.45) is 15.2. The molecule has 0 radical (unpaired) electrons. The summed E-state index contributed by atoms with van der Waals surface area (Å²) in [7, 11) is 0. The van der Waals surface area contributed by atoms with Gasteiger partial charge in [-0.05, 0) is 116 Å². The molecule has 0 amide bonds. The number of nitrogens with zero attached hydrogens (tertiary/aromatic N) is 3. The number of rotatable bonds is 9. The first-order valence-corrected chi connectivity index (χ1v) is 16.2. The zero-order valence-corrected chi connectivity index (χ0v) is 25.7. The zero-order chi connectivity index (χ0) is 29.5. The van der Waals surface area contributed by atoms with Crippen LogP contribution >= 0.6 is 0 Å². The second-order valence-corrected chi connectivity index (χ2v) is 14.9. The topological polar surface area (TPSA) is 111 Å². The number of benzene rings is 1. The molecule has 0 saturated heterocycles. The van der Waals surface area contributed by atoms with Gasteiger partial charge in [0.2, 0.25) is 0 Å². The normalized spacial score (nSPS) is 36.3. The highest BCUT2D eigenvalue weighted by atomic mass is 16.6. The highest BCUT2D eigenvalue weighted by Crippen LogP contribution is 2.68. The molecule has 1 aromatic rings. The van der Waals surface area contributed by atoms with Gasteiger partial charge < -0.3 is 0 Å². The second-order valence-electron chi connectivity index (χ2n) is 14.9. The number of hydrogen-bond acceptors (Lipinski definition) is 6. The van der Waals surface area contributed by atoms with Crippen LogP contribution in [0.3, 0.4) is 0 Å². The fourth-order valence-corrected chi connectivity index (χ4v) is 10.2. The van der Waals surface area contributed by atoms with Gasteiger partial charge in [0, 0.05) is 11.8 Å². The standard InChI is InChI=1S/C33H50N4O4/c1-21(2)7-6-8-22(3)27-12-13-28-26-11-9-23-19-24(15-17-32(23,4)29(26)16-18-33(27,28)5)34-35-30-14-10-25(36(38)39)20-31(30)37(40)41/h10,14,20-23,26-29,35H,6-9,11-13,15-19H2,1-5H3/b34-24+/t22-,23+,26+,27-,28+,29+,32+,33-/m1/s1. The van der Waals surface area contributed by atoms with Crippen molar-refractivity contribution in [1.82, 2.24) is 0 Å². The number of fused-ring (bicyclic) bond motifs is 5. The molecule has 8 nitrogen and oxygen atoms in total. The minimum atomic E-state index is -0.616. The van der Waals surface area contributed by atoms with E-state index in [2.05, 4.69) is 45.1 Å². The van der Waals surface area contributed by atoms with Gasteiger partial charge in [-0.25, -0.2) is 0 Å². The molecule has 0 bridgehead atoms. The van der Waals surface area contributed by atoms with Gasteiger partial charge >= 0.3 is 5.69 Å². The van der Waals surface area contributed by atoms with E-state index in [0.29, 0.717) is 16.7 Å². The third-order valence-corrected chi connectivity index (χ3v) is 12.4. The van der Waals surface area contributed by atoms with Crippen LogP contribution in [0.4, 0.5) is 17.1 Å². The van der Waals surface area contributed by atoms with E-state index in [1.807, 2.05) is 0 Å². The van der Waals surface area contributed by atoms with E-state index in [0.717, 1.165) is 66.5 Å². The number of non-ortho nitro benzene ring substituents is 1. The molecule has 8 atom stereocenters. The van der Waals surface area contributed by atoms with Crippen molar-refractivity contribution in [2.24, 2.45) is 57.4 Å². The average Bonchev–Trinajstić information content (AvgIpc) is 3.28. The highest BCUT2D eigenvalue weighted by molar-refractivity contribution is 5.86. The smallest absolute Gasteiger partial charge is 0.272 e. The van der Waals surface area contributed by atoms with Gasteiger partial charge in [0.05, 0.1) is 15.9 Å². The number of nitro groups is 2. The van der Waals surface area contributed by atoms with Gasteiger partial charge in [0.15, 0.2) is 0 Å². The maximum atomic E-state index is 11.5. The lowest BCUT2D eigenvalue weighted by atomic mass is 9.44. The third-order valence-electron chi connectivity index (χ3n) is 12.4. The van der Waals surface area contributed by atoms with Crippen LogP contribution in [-0.4, -0.2) is 15.6 Å². The predicted octanol–water partition coefficient (Wildman–Crippen LogP) is 9.39. The summed E-state index contributed by atoms with van der Waals surface area (Å²) in [4.78, 5) is 21.4. The van der Waals surface area contributed by atoms with Crippen molar-refractivity contribution in [3.8, 4) is 0 Å². The first-order valence-electron chi connectivity index (χ1n) is 16.2. The van der Waals surface area contributed by atoms with Gasteiger partial charge in [-0.15, -0.1) is 0 Å². The molecule has 0 unspecified atom stereocenters. The Morgan fingerprint density at radius 3 is 2.41 bits per heavy atom. The maximum absolute atomic E-state index is 11.5. The molecule has 0 aromatic heterocycles. The minimum absolute atomic E-state index is 0.200. The number of anilines is 1. The van der Waals surface area contributed by atoms with Crippen molar-refractivity contribution in [2.75, 3.05) is 5.43 Å². The van der Waals surface area contributed by atoms with Crippen LogP contribution in [0, 0.1) is 72.5 Å². The summed E-state index contributed by atoms with van der Waals surface area (Å²) >= 11 is 0. The molecule has 0 aliphatic heterocycles. The zero-order valence-electron chi connectivity index (χ0n) is 25.7. The van der Waals surface area contributed by atoms with Crippen molar-refractivity contribution >= 4 is 22.8 Å². The summed E-state index contributed by atoms with van der Waals surface area (Å²) in [5.41, 5.74) is 4.38. The first kappa shape index (κ1) is 30.0. The Hall–Kier alpha value is -2.51. The van der Waals surface area contributed by atoms with Crippen LogP contribution in [0.25, 0.3) is 0 Å². The molecule has 0 heterocycles.